The summed E-state index contributed by atoms with van der Waals surface area (Å²) >= 11 is 0. The summed E-state index contributed by atoms with van der Waals surface area (Å²) < 4.78 is 0. The van der Waals surface area contributed by atoms with Crippen molar-refractivity contribution in [2.24, 2.45) is 5.73 Å². The van der Waals surface area contributed by atoms with E-state index >= 15 is 0 Å². The molecule has 1 aliphatic heterocycles. The molecular formula is C9H14N4. The van der Waals surface area contributed by atoms with Gasteiger partial charge in [0.2, 0.25) is 0 Å². The quantitative estimate of drug-likeness (QED) is 0.536. The molecule has 1 aromatic rings. The van der Waals surface area contributed by atoms with Crippen LogP contribution in [0.5, 0.6) is 0 Å². The minimum Gasteiger partial charge on any atom is -0.312 e. The second-order valence-corrected chi connectivity index (χ2v) is 3.31. The van der Waals surface area contributed by atoms with Gasteiger partial charge in [0, 0.05) is 32.0 Å². The van der Waals surface area contributed by atoms with Gasteiger partial charge >= 0.3 is 0 Å². The number of hydrogen-bond donors (Lipinski definition) is 3. The first-order valence-electron chi connectivity index (χ1n) is 4.46. The van der Waals surface area contributed by atoms with Crippen LogP contribution in [-0.2, 0) is 5.66 Å². The SMILES string of the molecule is NC1(c2ccncc2)CNCCN1. The molecule has 0 spiro atoms. The second kappa shape index (κ2) is 3.41. The van der Waals surface area contributed by atoms with Gasteiger partial charge in [0.1, 0.15) is 5.66 Å². The van der Waals surface area contributed by atoms with Crippen molar-refractivity contribution in [1.29, 1.82) is 0 Å². The third-order valence-corrected chi connectivity index (χ3v) is 2.34. The molecule has 0 aromatic carbocycles. The van der Waals surface area contributed by atoms with Crippen LogP contribution in [-0.4, -0.2) is 24.6 Å². The molecule has 0 radical (unpaired) electrons. The van der Waals surface area contributed by atoms with Gasteiger partial charge in [-0.15, -0.1) is 0 Å². The third kappa shape index (κ3) is 1.70. The Kier molecular flexibility index (Phi) is 2.26. The van der Waals surface area contributed by atoms with E-state index < -0.39 is 5.66 Å². The fourth-order valence-corrected chi connectivity index (χ4v) is 1.58. The van der Waals surface area contributed by atoms with Crippen molar-refractivity contribution in [2.45, 2.75) is 5.66 Å². The Bertz CT molecular complexity index is 266. The standard InChI is InChI=1S/C9H14N4/c10-9(7-12-5-6-13-9)8-1-3-11-4-2-8/h1-4,12-13H,5-7,10H2. The average molecular weight is 178 g/mol. The second-order valence-electron chi connectivity index (χ2n) is 3.31. The summed E-state index contributed by atoms with van der Waals surface area (Å²) in [5.74, 6) is 0. The van der Waals surface area contributed by atoms with Gasteiger partial charge < -0.3 is 11.1 Å². The number of nitrogens with zero attached hydrogens (tertiary/aromatic N) is 1. The van der Waals surface area contributed by atoms with Crippen LogP contribution in [0.2, 0.25) is 0 Å². The van der Waals surface area contributed by atoms with Crippen molar-refractivity contribution in [3.05, 3.63) is 30.1 Å². The van der Waals surface area contributed by atoms with E-state index in [1.165, 1.54) is 0 Å². The molecule has 0 aliphatic carbocycles. The number of nitrogens with one attached hydrogen (secondary N) is 2. The number of aromatic nitrogens is 1. The van der Waals surface area contributed by atoms with Crippen molar-refractivity contribution >= 4 is 0 Å². The van der Waals surface area contributed by atoms with Crippen LogP contribution >= 0.6 is 0 Å². The Hall–Kier alpha value is -0.970. The molecule has 1 saturated heterocycles. The Morgan fingerprint density at radius 2 is 2.08 bits per heavy atom. The number of hydrogen-bond acceptors (Lipinski definition) is 4. The maximum atomic E-state index is 6.18. The molecule has 0 saturated carbocycles. The highest BCUT2D eigenvalue weighted by molar-refractivity contribution is 5.21. The smallest absolute Gasteiger partial charge is 0.105 e. The molecule has 2 heterocycles. The lowest BCUT2D eigenvalue weighted by atomic mass is 10.00. The maximum absolute atomic E-state index is 6.18. The Morgan fingerprint density at radius 1 is 1.31 bits per heavy atom. The van der Waals surface area contributed by atoms with E-state index in [2.05, 4.69) is 15.6 Å². The molecule has 1 fully saturated rings. The summed E-state index contributed by atoms with van der Waals surface area (Å²) in [6.07, 6.45) is 3.53. The number of piperazine rings is 1. The summed E-state index contributed by atoms with van der Waals surface area (Å²) in [5, 5.41) is 6.57. The van der Waals surface area contributed by atoms with Crippen LogP contribution in [0.1, 0.15) is 5.56 Å². The highest BCUT2D eigenvalue weighted by Gasteiger charge is 2.28. The van der Waals surface area contributed by atoms with E-state index in [4.69, 9.17) is 5.73 Å². The molecule has 0 amide bonds. The van der Waals surface area contributed by atoms with Gasteiger partial charge in [0.25, 0.3) is 0 Å². The number of pyridine rings is 1. The van der Waals surface area contributed by atoms with Crippen molar-refractivity contribution in [3.8, 4) is 0 Å². The highest BCUT2D eigenvalue weighted by Crippen LogP contribution is 2.14. The number of rotatable bonds is 1. The van der Waals surface area contributed by atoms with Gasteiger partial charge in [-0.3, -0.25) is 10.3 Å². The first-order chi connectivity index (χ1) is 6.31. The van der Waals surface area contributed by atoms with Gasteiger partial charge in [-0.2, -0.15) is 0 Å². The summed E-state index contributed by atoms with van der Waals surface area (Å²) in [6, 6.07) is 3.89. The predicted octanol–water partition coefficient (Wildman–Crippen LogP) is -0.614. The van der Waals surface area contributed by atoms with Crippen molar-refractivity contribution in [2.75, 3.05) is 19.6 Å². The normalized spacial score (nSPS) is 28.7. The Morgan fingerprint density at radius 3 is 2.69 bits per heavy atom. The zero-order valence-electron chi connectivity index (χ0n) is 7.46. The third-order valence-electron chi connectivity index (χ3n) is 2.34. The van der Waals surface area contributed by atoms with Gasteiger partial charge in [0.05, 0.1) is 0 Å². The van der Waals surface area contributed by atoms with Crippen molar-refractivity contribution in [3.63, 3.8) is 0 Å². The molecule has 1 unspecified atom stereocenters. The van der Waals surface area contributed by atoms with Gasteiger partial charge in [-0.25, -0.2) is 0 Å². The zero-order valence-corrected chi connectivity index (χ0v) is 7.46. The van der Waals surface area contributed by atoms with Crippen LogP contribution in [0, 0.1) is 0 Å². The van der Waals surface area contributed by atoms with Gasteiger partial charge in [-0.1, -0.05) is 0 Å². The maximum Gasteiger partial charge on any atom is 0.105 e. The first-order valence-corrected chi connectivity index (χ1v) is 4.46. The van der Waals surface area contributed by atoms with Gasteiger partial charge in [0.15, 0.2) is 0 Å². The summed E-state index contributed by atoms with van der Waals surface area (Å²) in [7, 11) is 0. The average Bonchev–Trinajstić information content (AvgIpc) is 2.20. The molecular weight excluding hydrogens is 164 g/mol. The fourth-order valence-electron chi connectivity index (χ4n) is 1.58. The van der Waals surface area contributed by atoms with E-state index in [1.54, 1.807) is 12.4 Å². The van der Waals surface area contributed by atoms with E-state index in [0.717, 1.165) is 25.2 Å². The minimum absolute atomic E-state index is 0.429. The lowest BCUT2D eigenvalue weighted by molar-refractivity contribution is 0.285. The summed E-state index contributed by atoms with van der Waals surface area (Å²) in [4.78, 5) is 3.97. The van der Waals surface area contributed by atoms with Crippen LogP contribution < -0.4 is 16.4 Å². The molecule has 13 heavy (non-hydrogen) atoms. The lowest BCUT2D eigenvalue weighted by Crippen LogP contribution is -2.62. The van der Waals surface area contributed by atoms with E-state index in [1.807, 2.05) is 12.1 Å². The first kappa shape index (κ1) is 8.62. The topological polar surface area (TPSA) is 63.0 Å². The minimum atomic E-state index is -0.429. The molecule has 2 rings (SSSR count). The predicted molar refractivity (Wildman–Crippen MR) is 51.0 cm³/mol. The summed E-state index contributed by atoms with van der Waals surface area (Å²) in [5.41, 5.74) is 6.83. The van der Waals surface area contributed by atoms with Crippen LogP contribution in [0.4, 0.5) is 0 Å². The highest BCUT2D eigenvalue weighted by atomic mass is 15.2. The van der Waals surface area contributed by atoms with E-state index in [9.17, 15) is 0 Å². The molecule has 0 bridgehead atoms. The Balaban J connectivity index is 2.23. The molecule has 4 nitrogen and oxygen atoms in total. The van der Waals surface area contributed by atoms with Crippen LogP contribution in [0.15, 0.2) is 24.5 Å². The largest absolute Gasteiger partial charge is 0.312 e. The molecule has 1 aliphatic rings. The molecule has 1 aromatic heterocycles. The monoisotopic (exact) mass is 178 g/mol. The molecule has 70 valence electrons. The fraction of sp³-hybridized carbons (Fsp3) is 0.444. The van der Waals surface area contributed by atoms with Crippen LogP contribution in [0.25, 0.3) is 0 Å². The van der Waals surface area contributed by atoms with Crippen LogP contribution in [0.3, 0.4) is 0 Å². The zero-order chi connectivity index (χ0) is 9.15. The summed E-state index contributed by atoms with van der Waals surface area (Å²) in [6.45, 7) is 2.64. The van der Waals surface area contributed by atoms with Crippen molar-refractivity contribution < 1.29 is 0 Å². The molecule has 4 heteroatoms. The molecule has 1 atom stereocenters. The number of nitrogens with two attached hydrogens (primary N) is 1. The Labute approximate surface area is 77.5 Å². The van der Waals surface area contributed by atoms with E-state index in [-0.39, 0.29) is 0 Å². The van der Waals surface area contributed by atoms with E-state index in [0.29, 0.717) is 0 Å². The van der Waals surface area contributed by atoms with Crippen molar-refractivity contribution in [1.82, 2.24) is 15.6 Å². The molecule has 4 N–H and O–H groups in total. The van der Waals surface area contributed by atoms with Gasteiger partial charge in [-0.05, 0) is 17.7 Å². The lowest BCUT2D eigenvalue weighted by Gasteiger charge is -2.35.